The number of phenols is 1. The van der Waals surface area contributed by atoms with Gasteiger partial charge in [0.15, 0.2) is 12.4 Å². The Hall–Kier alpha value is -4.11. The van der Waals surface area contributed by atoms with E-state index in [-0.39, 0.29) is 66.5 Å². The summed E-state index contributed by atoms with van der Waals surface area (Å²) >= 11 is 1.53. The van der Waals surface area contributed by atoms with Crippen molar-refractivity contribution < 1.29 is 38.1 Å². The molecule has 3 aliphatic heterocycles. The Bertz CT molecular complexity index is 1860. The first-order valence-electron chi connectivity index (χ1n) is 20.4. The van der Waals surface area contributed by atoms with E-state index in [1.54, 1.807) is 12.1 Å². The van der Waals surface area contributed by atoms with E-state index in [0.717, 1.165) is 62.2 Å². The SMILES string of the molecule is CC(C)c1nc(C(=O)N2CCOC3(CCN(Cc4cccc(CCOCCC(=O)N(CCCCCc5ccc(O)c6c5OCC(=O)N6)C(C)C)c4F)CC3)C2)cs1. The van der Waals surface area contributed by atoms with E-state index in [4.69, 9.17) is 14.2 Å². The molecule has 57 heavy (non-hydrogen) atoms. The minimum Gasteiger partial charge on any atom is -0.506 e. The monoisotopic (exact) mass is 807 g/mol. The number of ether oxygens (including phenoxy) is 3. The van der Waals surface area contributed by atoms with Crippen LogP contribution in [-0.4, -0.2) is 113 Å². The van der Waals surface area contributed by atoms with Crippen LogP contribution in [0.5, 0.6) is 11.5 Å². The van der Waals surface area contributed by atoms with Crippen LogP contribution in [0.15, 0.2) is 35.7 Å². The summed E-state index contributed by atoms with van der Waals surface area (Å²) in [7, 11) is 0. The van der Waals surface area contributed by atoms with E-state index in [2.05, 4.69) is 29.0 Å². The van der Waals surface area contributed by atoms with Crippen LogP contribution in [0.1, 0.15) is 104 Å². The fourth-order valence-corrected chi connectivity index (χ4v) is 8.69. The maximum atomic E-state index is 15.7. The lowest BCUT2D eigenvalue weighted by atomic mass is 9.89. The van der Waals surface area contributed by atoms with Crippen molar-refractivity contribution in [2.75, 3.05) is 64.5 Å². The van der Waals surface area contributed by atoms with Gasteiger partial charge in [0, 0.05) is 55.6 Å². The predicted molar refractivity (Wildman–Crippen MR) is 217 cm³/mol. The standard InChI is InChI=1S/C43H58FN5O7S/c1-29(2)41-45-34(27-57-41)42(53)48-21-24-56-43(28-48)16-19-47(20-17-43)25-33-11-8-10-31(38(33)44)14-22-54-23-15-37(52)49(30(3)4)18-7-5-6-9-32-12-13-35(50)39-40(32)55-26-36(51)46-39/h8,10-13,27,29-30,50H,5-7,9,14-26,28H2,1-4H3,(H,46,51). The fraction of sp³-hybridized carbons (Fsp3) is 0.581. The minimum atomic E-state index is -0.388. The summed E-state index contributed by atoms with van der Waals surface area (Å²) < 4.78 is 33.4. The molecule has 1 spiro atoms. The summed E-state index contributed by atoms with van der Waals surface area (Å²) in [6.07, 6.45) is 5.58. The predicted octanol–water partition coefficient (Wildman–Crippen LogP) is 6.55. The Morgan fingerprint density at radius 2 is 1.82 bits per heavy atom. The van der Waals surface area contributed by atoms with Crippen LogP contribution in [0.25, 0.3) is 0 Å². The second-order valence-electron chi connectivity index (χ2n) is 16.0. The van der Waals surface area contributed by atoms with Crippen molar-refractivity contribution in [3.63, 3.8) is 0 Å². The highest BCUT2D eigenvalue weighted by Gasteiger charge is 2.41. The number of carbonyl (C=O) groups is 3. The molecule has 310 valence electrons. The first-order valence-corrected chi connectivity index (χ1v) is 21.3. The molecule has 0 radical (unpaired) electrons. The number of anilines is 1. The molecule has 1 aromatic heterocycles. The molecule has 0 bridgehead atoms. The van der Waals surface area contributed by atoms with Crippen molar-refractivity contribution >= 4 is 34.7 Å². The molecule has 0 unspecified atom stereocenters. The number of piperidine rings is 1. The number of unbranched alkanes of at least 4 members (excludes halogenated alkanes) is 2. The zero-order valence-electron chi connectivity index (χ0n) is 33.8. The van der Waals surface area contributed by atoms with Gasteiger partial charge in [0.05, 0.1) is 43.4 Å². The average molecular weight is 808 g/mol. The van der Waals surface area contributed by atoms with Crippen LogP contribution in [0.4, 0.5) is 10.1 Å². The Labute approximate surface area is 339 Å². The summed E-state index contributed by atoms with van der Waals surface area (Å²) in [5, 5.41) is 15.6. The number of amides is 3. The van der Waals surface area contributed by atoms with Crippen molar-refractivity contribution in [3.8, 4) is 11.5 Å². The van der Waals surface area contributed by atoms with Crippen molar-refractivity contribution in [1.29, 1.82) is 0 Å². The molecule has 0 saturated carbocycles. The summed E-state index contributed by atoms with van der Waals surface area (Å²) in [5.74, 6) is 0.321. The zero-order chi connectivity index (χ0) is 40.5. The molecule has 4 heterocycles. The summed E-state index contributed by atoms with van der Waals surface area (Å²) in [6.45, 7) is 13.0. The van der Waals surface area contributed by atoms with E-state index < -0.39 is 0 Å². The number of likely N-dealkylation sites (tertiary alicyclic amines) is 1. The van der Waals surface area contributed by atoms with Gasteiger partial charge in [-0.3, -0.25) is 19.3 Å². The van der Waals surface area contributed by atoms with Crippen molar-refractivity contribution in [2.24, 2.45) is 0 Å². The molecule has 2 aromatic carbocycles. The number of benzene rings is 2. The van der Waals surface area contributed by atoms with E-state index in [9.17, 15) is 19.5 Å². The molecule has 3 amide bonds. The Balaban J connectivity index is 0.886. The lowest BCUT2D eigenvalue weighted by molar-refractivity contribution is -0.134. The second kappa shape index (κ2) is 19.6. The van der Waals surface area contributed by atoms with Crippen molar-refractivity contribution in [2.45, 2.75) is 103 Å². The van der Waals surface area contributed by atoms with Gasteiger partial charge in [0.1, 0.15) is 22.9 Å². The number of hydrogen-bond donors (Lipinski definition) is 2. The number of aryl methyl sites for hydroxylation is 1. The van der Waals surface area contributed by atoms with Crippen molar-refractivity contribution in [1.82, 2.24) is 19.7 Å². The lowest BCUT2D eigenvalue weighted by Gasteiger charge is -2.47. The number of hydrogen-bond acceptors (Lipinski definition) is 10. The number of carbonyl (C=O) groups excluding carboxylic acids is 3. The number of aromatic nitrogens is 1. The van der Waals surface area contributed by atoms with Crippen molar-refractivity contribution in [3.05, 3.63) is 68.9 Å². The fourth-order valence-electron chi connectivity index (χ4n) is 7.89. The maximum absolute atomic E-state index is 15.7. The lowest BCUT2D eigenvalue weighted by Crippen LogP contribution is -2.58. The van der Waals surface area contributed by atoms with Crippen LogP contribution in [0.2, 0.25) is 0 Å². The van der Waals surface area contributed by atoms with Gasteiger partial charge in [0.25, 0.3) is 11.8 Å². The Morgan fingerprint density at radius 1 is 1.04 bits per heavy atom. The smallest absolute Gasteiger partial charge is 0.273 e. The molecule has 3 aliphatic rings. The number of morpholine rings is 1. The highest BCUT2D eigenvalue weighted by Crippen LogP contribution is 2.40. The van der Waals surface area contributed by atoms with Crippen LogP contribution in [-0.2, 0) is 38.4 Å². The third-order valence-corrected chi connectivity index (χ3v) is 12.3. The zero-order valence-corrected chi connectivity index (χ0v) is 34.6. The molecular formula is C43H58FN5O7S. The minimum absolute atomic E-state index is 0.0102. The number of aromatic hydroxyl groups is 1. The molecule has 2 N–H and O–H groups in total. The third-order valence-electron chi connectivity index (χ3n) is 11.2. The van der Waals surface area contributed by atoms with E-state index in [1.807, 2.05) is 47.2 Å². The number of nitrogens with zero attached hydrogens (tertiary/aromatic N) is 4. The third kappa shape index (κ3) is 10.9. The summed E-state index contributed by atoms with van der Waals surface area (Å²) in [6, 6.07) is 8.99. The molecule has 2 saturated heterocycles. The van der Waals surface area contributed by atoms with E-state index >= 15 is 4.39 Å². The van der Waals surface area contributed by atoms with Gasteiger partial charge in [-0.2, -0.15) is 0 Å². The highest BCUT2D eigenvalue weighted by molar-refractivity contribution is 7.09. The molecular weight excluding hydrogens is 750 g/mol. The number of phenolic OH excluding ortho intramolecular Hbond substituents is 1. The molecule has 0 atom stereocenters. The summed E-state index contributed by atoms with van der Waals surface area (Å²) in [5.41, 5.74) is 2.65. The van der Waals surface area contributed by atoms with Crippen LogP contribution < -0.4 is 10.1 Å². The number of thiazole rings is 1. The molecule has 6 rings (SSSR count). The molecule has 14 heteroatoms. The second-order valence-corrected chi connectivity index (χ2v) is 16.9. The first kappa shape index (κ1) is 42.5. The van der Waals surface area contributed by atoms with Crippen LogP contribution in [0.3, 0.4) is 0 Å². The molecule has 0 aliphatic carbocycles. The van der Waals surface area contributed by atoms with Gasteiger partial charge in [-0.05, 0) is 69.6 Å². The van der Waals surface area contributed by atoms with Gasteiger partial charge in [-0.15, -0.1) is 11.3 Å². The Morgan fingerprint density at radius 3 is 2.58 bits per heavy atom. The van der Waals surface area contributed by atoms with Gasteiger partial charge >= 0.3 is 0 Å². The van der Waals surface area contributed by atoms with Gasteiger partial charge in [-0.1, -0.05) is 44.5 Å². The molecule has 2 fully saturated rings. The normalized spacial score (nSPS) is 16.8. The maximum Gasteiger partial charge on any atom is 0.273 e. The van der Waals surface area contributed by atoms with Crippen LogP contribution in [0, 0.1) is 5.82 Å². The Kier molecular flexibility index (Phi) is 14.6. The topological polar surface area (TPSA) is 134 Å². The molecule has 12 nitrogen and oxygen atoms in total. The number of fused-ring (bicyclic) bond motifs is 1. The highest BCUT2D eigenvalue weighted by atomic mass is 32.1. The number of nitrogens with one attached hydrogen (secondary N) is 1. The first-order chi connectivity index (χ1) is 27.4. The average Bonchev–Trinajstić information content (AvgIpc) is 3.70. The largest absolute Gasteiger partial charge is 0.506 e. The number of halogens is 1. The number of rotatable bonds is 17. The summed E-state index contributed by atoms with van der Waals surface area (Å²) in [4.78, 5) is 48.7. The van der Waals surface area contributed by atoms with E-state index in [0.29, 0.717) is 74.1 Å². The molecule has 3 aromatic rings. The van der Waals surface area contributed by atoms with Gasteiger partial charge in [-0.25, -0.2) is 9.37 Å². The van der Waals surface area contributed by atoms with Crippen LogP contribution >= 0.6 is 11.3 Å². The van der Waals surface area contributed by atoms with E-state index in [1.165, 1.54) is 11.3 Å². The van der Waals surface area contributed by atoms with Gasteiger partial charge < -0.3 is 34.4 Å². The quantitative estimate of drug-likeness (QED) is 0.115. The van der Waals surface area contributed by atoms with Gasteiger partial charge in [0.2, 0.25) is 5.91 Å².